The maximum atomic E-state index is 6.31. The molecule has 0 aliphatic carbocycles. The van der Waals surface area contributed by atoms with Crippen LogP contribution < -0.4 is 19.3 Å². The van der Waals surface area contributed by atoms with Crippen LogP contribution in [0.15, 0.2) is 48.9 Å². The van der Waals surface area contributed by atoms with Gasteiger partial charge >= 0.3 is 6.01 Å². The molecule has 0 radical (unpaired) electrons. The van der Waals surface area contributed by atoms with E-state index in [1.165, 1.54) is 34.1 Å². The molecule has 1 fully saturated rings. The van der Waals surface area contributed by atoms with E-state index in [2.05, 4.69) is 67.7 Å². The van der Waals surface area contributed by atoms with Crippen molar-refractivity contribution in [3.63, 3.8) is 0 Å². The largest absolute Gasteiger partial charge is 0.497 e. The van der Waals surface area contributed by atoms with Gasteiger partial charge in [0, 0.05) is 54.6 Å². The number of imidazole rings is 1. The van der Waals surface area contributed by atoms with E-state index in [4.69, 9.17) is 19.4 Å². The van der Waals surface area contributed by atoms with Crippen molar-refractivity contribution in [3.8, 4) is 11.8 Å². The Labute approximate surface area is 229 Å². The SMILES string of the molecule is COc1cc(N2CCc3c(nc(OC[C@@H]4CCCN4C)nc3N3CCn4cncc4C3)C2)c2ccccc2c1. The monoisotopic (exact) mass is 525 g/mol. The summed E-state index contributed by atoms with van der Waals surface area (Å²) < 4.78 is 14.2. The highest BCUT2D eigenvalue weighted by atomic mass is 16.5. The number of hydrogen-bond donors (Lipinski definition) is 0. The molecule has 0 bridgehead atoms. The Bertz CT molecular complexity index is 1500. The number of methoxy groups -OCH3 is 1. The average Bonchev–Trinajstić information content (AvgIpc) is 3.62. The van der Waals surface area contributed by atoms with Crippen molar-refractivity contribution in [2.45, 2.75) is 44.9 Å². The van der Waals surface area contributed by atoms with Gasteiger partial charge in [-0.2, -0.15) is 9.97 Å². The smallest absolute Gasteiger partial charge is 0.318 e. The molecule has 3 aliphatic heterocycles. The summed E-state index contributed by atoms with van der Waals surface area (Å²) in [5, 5.41) is 2.40. The molecule has 202 valence electrons. The van der Waals surface area contributed by atoms with Gasteiger partial charge in [-0.15, -0.1) is 0 Å². The first kappa shape index (κ1) is 24.2. The minimum atomic E-state index is 0.414. The van der Waals surface area contributed by atoms with Crippen LogP contribution in [0.25, 0.3) is 10.8 Å². The predicted octanol–water partition coefficient (Wildman–Crippen LogP) is 3.89. The van der Waals surface area contributed by atoms with Gasteiger partial charge in [-0.05, 0) is 44.3 Å². The maximum absolute atomic E-state index is 6.31. The number of aromatic nitrogens is 4. The molecule has 0 amide bonds. The minimum Gasteiger partial charge on any atom is -0.497 e. The number of rotatable bonds is 6. The van der Waals surface area contributed by atoms with Gasteiger partial charge in [0.15, 0.2) is 0 Å². The summed E-state index contributed by atoms with van der Waals surface area (Å²) in [5.41, 5.74) is 4.67. The quantitative estimate of drug-likeness (QED) is 0.376. The zero-order valence-corrected chi connectivity index (χ0v) is 22.7. The highest BCUT2D eigenvalue weighted by Crippen LogP contribution is 2.37. The van der Waals surface area contributed by atoms with Gasteiger partial charge in [0.25, 0.3) is 0 Å². The van der Waals surface area contributed by atoms with E-state index in [9.17, 15) is 0 Å². The molecule has 3 aliphatic rings. The van der Waals surface area contributed by atoms with Crippen molar-refractivity contribution in [1.29, 1.82) is 0 Å². The predicted molar refractivity (Wildman–Crippen MR) is 152 cm³/mol. The summed E-state index contributed by atoms with van der Waals surface area (Å²) in [6, 6.07) is 13.7. The first-order valence-electron chi connectivity index (χ1n) is 13.9. The molecule has 4 aromatic rings. The van der Waals surface area contributed by atoms with Crippen LogP contribution in [-0.4, -0.2) is 70.9 Å². The molecule has 39 heavy (non-hydrogen) atoms. The molecule has 5 heterocycles. The van der Waals surface area contributed by atoms with Crippen LogP contribution in [0.5, 0.6) is 11.8 Å². The van der Waals surface area contributed by atoms with E-state index in [0.29, 0.717) is 25.2 Å². The standard InChI is InChI=1S/C30H35N7O2/c1-34-10-5-7-22(34)19-39-30-32-27-18-35(28-15-24(38-2)14-21-6-3-4-8-25(21)28)11-9-26(27)29(33-30)36-12-13-37-20-31-16-23(37)17-36/h3-4,6,8,14-16,20,22H,5,7,9-13,17-19H2,1-2H3/t22-/m0/s1. The van der Waals surface area contributed by atoms with Crippen LogP contribution >= 0.6 is 0 Å². The van der Waals surface area contributed by atoms with Crippen molar-refractivity contribution >= 4 is 22.3 Å². The highest BCUT2D eigenvalue weighted by molar-refractivity contribution is 5.95. The summed E-state index contributed by atoms with van der Waals surface area (Å²) in [7, 11) is 3.91. The van der Waals surface area contributed by atoms with E-state index in [1.54, 1.807) is 7.11 Å². The molecule has 0 spiro atoms. The number of anilines is 2. The third-order valence-electron chi connectivity index (χ3n) is 8.55. The van der Waals surface area contributed by atoms with Crippen LogP contribution in [0.4, 0.5) is 11.5 Å². The van der Waals surface area contributed by atoms with Crippen LogP contribution in [0.2, 0.25) is 0 Å². The third-order valence-corrected chi connectivity index (χ3v) is 8.55. The highest BCUT2D eigenvalue weighted by Gasteiger charge is 2.29. The molecule has 2 aromatic carbocycles. The molecule has 9 nitrogen and oxygen atoms in total. The second kappa shape index (κ2) is 10.0. The zero-order valence-electron chi connectivity index (χ0n) is 22.7. The molecule has 1 saturated heterocycles. The molecule has 0 saturated carbocycles. The molecular formula is C30H35N7O2. The molecule has 1 atom stereocenters. The van der Waals surface area contributed by atoms with Crippen LogP contribution in [0.1, 0.15) is 29.8 Å². The van der Waals surface area contributed by atoms with Crippen molar-refractivity contribution in [3.05, 3.63) is 65.9 Å². The Morgan fingerprint density at radius 1 is 1.00 bits per heavy atom. The lowest BCUT2D eigenvalue weighted by Crippen LogP contribution is -2.38. The van der Waals surface area contributed by atoms with E-state index >= 15 is 0 Å². The number of fused-ring (bicyclic) bond motifs is 3. The lowest BCUT2D eigenvalue weighted by molar-refractivity contribution is 0.187. The molecule has 7 rings (SSSR count). The van der Waals surface area contributed by atoms with Crippen LogP contribution in [0, 0.1) is 0 Å². The Hall–Kier alpha value is -3.85. The van der Waals surface area contributed by atoms with Gasteiger partial charge in [-0.1, -0.05) is 24.3 Å². The molecule has 9 heteroatoms. The van der Waals surface area contributed by atoms with Gasteiger partial charge < -0.3 is 28.7 Å². The summed E-state index contributed by atoms with van der Waals surface area (Å²) in [6.45, 7) is 5.91. The van der Waals surface area contributed by atoms with E-state index in [0.717, 1.165) is 62.8 Å². The number of likely N-dealkylation sites (N-methyl/N-ethyl adjacent to an activating group) is 1. The summed E-state index contributed by atoms with van der Waals surface area (Å²) in [6.07, 6.45) is 7.12. The first-order valence-corrected chi connectivity index (χ1v) is 13.9. The van der Waals surface area contributed by atoms with Gasteiger partial charge in [-0.25, -0.2) is 4.98 Å². The van der Waals surface area contributed by atoms with Gasteiger partial charge in [-0.3, -0.25) is 0 Å². The topological polar surface area (TPSA) is 71.8 Å². The van der Waals surface area contributed by atoms with Crippen LogP contribution in [-0.2, 0) is 26.1 Å². The van der Waals surface area contributed by atoms with Gasteiger partial charge in [0.1, 0.15) is 18.2 Å². The fraction of sp³-hybridized carbons (Fsp3) is 0.433. The van der Waals surface area contributed by atoms with Crippen molar-refractivity contribution in [2.24, 2.45) is 0 Å². The maximum Gasteiger partial charge on any atom is 0.318 e. The van der Waals surface area contributed by atoms with Crippen LogP contribution in [0.3, 0.4) is 0 Å². The van der Waals surface area contributed by atoms with E-state index < -0.39 is 0 Å². The minimum absolute atomic E-state index is 0.414. The van der Waals surface area contributed by atoms with Gasteiger partial charge in [0.05, 0.1) is 37.9 Å². The fourth-order valence-corrected chi connectivity index (χ4v) is 6.29. The third kappa shape index (κ3) is 4.54. The number of likely N-dealkylation sites (tertiary alicyclic amines) is 1. The van der Waals surface area contributed by atoms with E-state index in [1.807, 2.05) is 12.5 Å². The zero-order chi connectivity index (χ0) is 26.3. The van der Waals surface area contributed by atoms with Crippen molar-refractivity contribution < 1.29 is 9.47 Å². The second-order valence-electron chi connectivity index (χ2n) is 10.9. The van der Waals surface area contributed by atoms with Crippen molar-refractivity contribution in [1.82, 2.24) is 24.4 Å². The number of benzene rings is 2. The molecule has 0 N–H and O–H groups in total. The number of hydrogen-bond acceptors (Lipinski definition) is 8. The first-order chi connectivity index (χ1) is 19.2. The van der Waals surface area contributed by atoms with Crippen molar-refractivity contribution in [2.75, 3.05) is 50.2 Å². The lowest BCUT2D eigenvalue weighted by atomic mass is 10.0. The number of nitrogens with zero attached hydrogens (tertiary/aromatic N) is 7. The van der Waals surface area contributed by atoms with E-state index in [-0.39, 0.29) is 0 Å². The fourth-order valence-electron chi connectivity index (χ4n) is 6.29. The summed E-state index contributed by atoms with van der Waals surface area (Å²) in [4.78, 5) is 21.6. The Balaban J connectivity index is 1.24. The Morgan fingerprint density at radius 2 is 1.92 bits per heavy atom. The number of ether oxygens (including phenoxy) is 2. The molecule has 0 unspecified atom stereocenters. The molecule has 2 aromatic heterocycles. The lowest BCUT2D eigenvalue weighted by Gasteiger charge is -2.35. The summed E-state index contributed by atoms with van der Waals surface area (Å²) in [5.74, 6) is 1.88. The summed E-state index contributed by atoms with van der Waals surface area (Å²) >= 11 is 0. The van der Waals surface area contributed by atoms with Gasteiger partial charge in [0.2, 0.25) is 0 Å². The normalized spacial score (nSPS) is 19.3. The Morgan fingerprint density at radius 3 is 2.79 bits per heavy atom. The Kier molecular flexibility index (Phi) is 6.23. The average molecular weight is 526 g/mol. The molecular weight excluding hydrogens is 490 g/mol. The second-order valence-corrected chi connectivity index (χ2v) is 10.9.